The predicted molar refractivity (Wildman–Crippen MR) is 96.1 cm³/mol. The van der Waals surface area contributed by atoms with Gasteiger partial charge in [0.25, 0.3) is 0 Å². The summed E-state index contributed by atoms with van der Waals surface area (Å²) in [6, 6.07) is 12.9. The van der Waals surface area contributed by atoms with Gasteiger partial charge < -0.3 is 14.6 Å². The average Bonchev–Trinajstić information content (AvgIpc) is 2.77. The lowest BCUT2D eigenvalue weighted by atomic mass is 9.82. The van der Waals surface area contributed by atoms with E-state index >= 15 is 0 Å². The van der Waals surface area contributed by atoms with Crippen molar-refractivity contribution >= 4 is 0 Å². The van der Waals surface area contributed by atoms with E-state index in [4.69, 9.17) is 9.47 Å². The van der Waals surface area contributed by atoms with Gasteiger partial charge in [0, 0.05) is 12.5 Å². The molecule has 0 spiro atoms. The zero-order valence-corrected chi connectivity index (χ0v) is 14.7. The molecule has 0 aliphatic heterocycles. The third-order valence-electron chi connectivity index (χ3n) is 5.06. The Morgan fingerprint density at radius 2 is 1.67 bits per heavy atom. The summed E-state index contributed by atoms with van der Waals surface area (Å²) in [5.41, 5.74) is 5.41. The van der Waals surface area contributed by atoms with Crippen LogP contribution in [0.15, 0.2) is 36.4 Å². The lowest BCUT2D eigenvalue weighted by molar-refractivity contribution is 0.226. The summed E-state index contributed by atoms with van der Waals surface area (Å²) < 4.78 is 11.0. The Balaban J connectivity index is 2.15. The fourth-order valence-electron chi connectivity index (χ4n) is 3.75. The quantitative estimate of drug-likeness (QED) is 0.904. The van der Waals surface area contributed by atoms with Crippen molar-refractivity contribution in [1.29, 1.82) is 0 Å². The molecule has 128 valence electrons. The first-order valence-electron chi connectivity index (χ1n) is 8.61. The Hall–Kier alpha value is -2.00. The number of aliphatic hydroxyl groups is 1. The van der Waals surface area contributed by atoms with E-state index in [2.05, 4.69) is 43.3 Å². The summed E-state index contributed by atoms with van der Waals surface area (Å²) >= 11 is 0. The van der Waals surface area contributed by atoms with Crippen LogP contribution in [0.1, 0.15) is 41.5 Å². The molecule has 2 atom stereocenters. The van der Waals surface area contributed by atoms with Gasteiger partial charge in [0.2, 0.25) is 0 Å². The molecule has 24 heavy (non-hydrogen) atoms. The molecule has 0 saturated carbocycles. The van der Waals surface area contributed by atoms with Gasteiger partial charge in [0.05, 0.1) is 14.2 Å². The molecule has 0 bridgehead atoms. The second-order valence-corrected chi connectivity index (χ2v) is 6.68. The van der Waals surface area contributed by atoms with Crippen LogP contribution in [0.3, 0.4) is 0 Å². The molecule has 2 aromatic carbocycles. The smallest absolute Gasteiger partial charge is 0.161 e. The largest absolute Gasteiger partial charge is 0.493 e. The summed E-state index contributed by atoms with van der Waals surface area (Å²) in [4.78, 5) is 0. The Morgan fingerprint density at radius 3 is 2.38 bits per heavy atom. The highest BCUT2D eigenvalue weighted by atomic mass is 16.5. The maximum atomic E-state index is 9.57. The van der Waals surface area contributed by atoms with Gasteiger partial charge in [-0.1, -0.05) is 31.2 Å². The first-order valence-corrected chi connectivity index (χ1v) is 8.61. The molecule has 0 saturated heterocycles. The molecule has 0 heterocycles. The lowest BCUT2D eigenvalue weighted by Gasteiger charge is -2.24. The van der Waals surface area contributed by atoms with Crippen molar-refractivity contribution in [3.05, 3.63) is 58.7 Å². The summed E-state index contributed by atoms with van der Waals surface area (Å²) in [5, 5.41) is 9.57. The van der Waals surface area contributed by atoms with Crippen LogP contribution in [0.4, 0.5) is 0 Å². The van der Waals surface area contributed by atoms with Gasteiger partial charge in [-0.15, -0.1) is 0 Å². The highest BCUT2D eigenvalue weighted by Gasteiger charge is 2.26. The van der Waals surface area contributed by atoms with E-state index < -0.39 is 0 Å². The molecule has 2 unspecified atom stereocenters. The molecule has 1 N–H and O–H groups in total. The Kier molecular flexibility index (Phi) is 5.10. The Morgan fingerprint density at radius 1 is 1.00 bits per heavy atom. The van der Waals surface area contributed by atoms with E-state index in [-0.39, 0.29) is 18.4 Å². The molecular formula is C21H26O3. The normalized spacial score (nSPS) is 17.4. The Labute approximate surface area is 144 Å². The van der Waals surface area contributed by atoms with Crippen LogP contribution in [0.2, 0.25) is 0 Å². The van der Waals surface area contributed by atoms with Gasteiger partial charge in [-0.25, -0.2) is 0 Å². The monoisotopic (exact) mass is 326 g/mol. The van der Waals surface area contributed by atoms with Crippen LogP contribution in [-0.2, 0) is 12.8 Å². The SMILES string of the molecule is COc1cc2c(cc1OC)C(CC(C)CO)c1ccccc1CC2. The third-order valence-corrected chi connectivity index (χ3v) is 5.06. The van der Waals surface area contributed by atoms with Crippen LogP contribution in [-0.4, -0.2) is 25.9 Å². The van der Waals surface area contributed by atoms with E-state index in [0.29, 0.717) is 0 Å². The molecule has 0 amide bonds. The average molecular weight is 326 g/mol. The highest BCUT2D eigenvalue weighted by Crippen LogP contribution is 2.42. The number of aryl methyl sites for hydroxylation is 2. The topological polar surface area (TPSA) is 38.7 Å². The number of hydrogen-bond acceptors (Lipinski definition) is 3. The minimum atomic E-state index is 0.210. The highest BCUT2D eigenvalue weighted by molar-refractivity contribution is 5.53. The van der Waals surface area contributed by atoms with Gasteiger partial charge in [0.1, 0.15) is 0 Å². The summed E-state index contributed by atoms with van der Waals surface area (Å²) in [6.07, 6.45) is 2.95. The molecule has 0 aromatic heterocycles. The minimum absolute atomic E-state index is 0.210. The zero-order chi connectivity index (χ0) is 17.1. The third kappa shape index (κ3) is 3.13. The van der Waals surface area contributed by atoms with Crippen molar-refractivity contribution in [2.75, 3.05) is 20.8 Å². The first-order chi connectivity index (χ1) is 11.7. The lowest BCUT2D eigenvalue weighted by Crippen LogP contribution is -2.11. The van der Waals surface area contributed by atoms with Crippen LogP contribution in [0.25, 0.3) is 0 Å². The van der Waals surface area contributed by atoms with Gasteiger partial charge in [-0.3, -0.25) is 0 Å². The van der Waals surface area contributed by atoms with Gasteiger partial charge >= 0.3 is 0 Å². The summed E-state index contributed by atoms with van der Waals surface area (Å²) in [7, 11) is 3.36. The van der Waals surface area contributed by atoms with Crippen LogP contribution in [0, 0.1) is 5.92 Å². The van der Waals surface area contributed by atoms with E-state index in [1.54, 1.807) is 14.2 Å². The number of rotatable bonds is 5. The predicted octanol–water partition coefficient (Wildman–Crippen LogP) is 3.95. The second kappa shape index (κ2) is 7.27. The first kappa shape index (κ1) is 16.8. The molecular weight excluding hydrogens is 300 g/mol. The molecule has 3 nitrogen and oxygen atoms in total. The zero-order valence-electron chi connectivity index (χ0n) is 14.7. The molecule has 1 aliphatic rings. The molecule has 3 rings (SSSR count). The van der Waals surface area contributed by atoms with Gasteiger partial charge in [-0.2, -0.15) is 0 Å². The van der Waals surface area contributed by atoms with Crippen LogP contribution < -0.4 is 9.47 Å². The number of methoxy groups -OCH3 is 2. The van der Waals surface area contributed by atoms with Crippen LogP contribution in [0.5, 0.6) is 11.5 Å². The second-order valence-electron chi connectivity index (χ2n) is 6.68. The van der Waals surface area contributed by atoms with E-state index in [1.807, 2.05) is 0 Å². The number of aliphatic hydroxyl groups excluding tert-OH is 1. The van der Waals surface area contributed by atoms with Crippen molar-refractivity contribution in [3.63, 3.8) is 0 Å². The summed E-state index contributed by atoms with van der Waals surface area (Å²) in [6.45, 7) is 2.31. The number of ether oxygens (including phenoxy) is 2. The molecule has 3 heteroatoms. The van der Waals surface area contributed by atoms with Gasteiger partial charge in [-0.05, 0) is 59.6 Å². The van der Waals surface area contributed by atoms with Gasteiger partial charge in [0.15, 0.2) is 11.5 Å². The maximum Gasteiger partial charge on any atom is 0.161 e. The minimum Gasteiger partial charge on any atom is -0.493 e. The molecule has 0 radical (unpaired) electrons. The van der Waals surface area contributed by atoms with E-state index in [1.165, 1.54) is 22.3 Å². The van der Waals surface area contributed by atoms with Crippen molar-refractivity contribution in [2.45, 2.75) is 32.1 Å². The van der Waals surface area contributed by atoms with E-state index in [0.717, 1.165) is 30.8 Å². The van der Waals surface area contributed by atoms with Crippen molar-refractivity contribution < 1.29 is 14.6 Å². The molecule has 1 aliphatic carbocycles. The maximum absolute atomic E-state index is 9.57. The van der Waals surface area contributed by atoms with E-state index in [9.17, 15) is 5.11 Å². The standard InChI is InChI=1S/C21H26O3/c1-14(13-22)10-19-17-7-5-4-6-15(17)8-9-16-11-20(23-2)21(24-3)12-18(16)19/h4-7,11-12,14,19,22H,8-10,13H2,1-3H3. The molecule has 0 fully saturated rings. The fourth-order valence-corrected chi connectivity index (χ4v) is 3.75. The number of hydrogen-bond donors (Lipinski definition) is 1. The Bertz CT molecular complexity index is 708. The molecule has 2 aromatic rings. The summed E-state index contributed by atoms with van der Waals surface area (Å²) in [5.74, 6) is 2.09. The van der Waals surface area contributed by atoms with Crippen molar-refractivity contribution in [3.8, 4) is 11.5 Å². The number of benzene rings is 2. The van der Waals surface area contributed by atoms with Crippen LogP contribution >= 0.6 is 0 Å². The number of fused-ring (bicyclic) bond motifs is 2. The van der Waals surface area contributed by atoms with Crippen molar-refractivity contribution in [1.82, 2.24) is 0 Å². The fraction of sp³-hybridized carbons (Fsp3) is 0.429. The van der Waals surface area contributed by atoms with Crippen molar-refractivity contribution in [2.24, 2.45) is 5.92 Å².